The van der Waals surface area contributed by atoms with Crippen molar-refractivity contribution in [3.63, 3.8) is 0 Å². The maximum absolute atomic E-state index is 8.56. The van der Waals surface area contributed by atoms with E-state index in [9.17, 15) is 0 Å². The van der Waals surface area contributed by atoms with Gasteiger partial charge in [-0.25, -0.2) is 4.79 Å². The van der Waals surface area contributed by atoms with Gasteiger partial charge in [0.2, 0.25) is 0 Å². The summed E-state index contributed by atoms with van der Waals surface area (Å²) in [6.07, 6.45) is 3.51. The minimum atomic E-state index is -1.83. The Labute approximate surface area is 54.6 Å². The first-order valence-electron chi connectivity index (χ1n) is 2.68. The second kappa shape index (κ2) is 10.1. The molecule has 2 N–H and O–H groups in total. The van der Waals surface area contributed by atoms with Gasteiger partial charge in [-0.05, 0) is 13.3 Å². The molecule has 0 heterocycles. The van der Waals surface area contributed by atoms with Gasteiger partial charge in [0.1, 0.15) is 0 Å². The highest BCUT2D eigenvalue weighted by atomic mass is 16.6. The zero-order valence-corrected chi connectivity index (χ0v) is 5.66. The molecule has 0 fully saturated rings. The van der Waals surface area contributed by atoms with Crippen LogP contribution >= 0.6 is 0 Å². The van der Waals surface area contributed by atoms with Crippen LogP contribution in [0, 0.1) is 0 Å². The van der Waals surface area contributed by atoms with Crippen molar-refractivity contribution >= 4 is 6.16 Å². The molecule has 0 aromatic carbocycles. The lowest BCUT2D eigenvalue weighted by Crippen LogP contribution is -1.81. The molecule has 0 aromatic rings. The second-order valence-electron chi connectivity index (χ2n) is 1.26. The van der Waals surface area contributed by atoms with Gasteiger partial charge in [0.15, 0.2) is 0 Å². The number of rotatable bonds is 1. The summed E-state index contributed by atoms with van der Waals surface area (Å²) in [5.74, 6) is 0. The SMILES string of the molecule is CC=CCC.O=C(O)O. The lowest BCUT2D eigenvalue weighted by Gasteiger charge is -1.65. The minimum Gasteiger partial charge on any atom is -0.450 e. The molecule has 9 heavy (non-hydrogen) atoms. The van der Waals surface area contributed by atoms with Crippen LogP contribution in [0.5, 0.6) is 0 Å². The van der Waals surface area contributed by atoms with E-state index < -0.39 is 6.16 Å². The lowest BCUT2D eigenvalue weighted by molar-refractivity contribution is 0.137. The number of carbonyl (C=O) groups is 1. The van der Waals surface area contributed by atoms with Gasteiger partial charge >= 0.3 is 6.16 Å². The molecular formula is C6H12O3. The highest BCUT2D eigenvalue weighted by Gasteiger charge is 1.70. The fourth-order valence-corrected chi connectivity index (χ4v) is 0.236. The molecule has 0 radical (unpaired) electrons. The molecule has 0 saturated carbocycles. The van der Waals surface area contributed by atoms with Crippen LogP contribution in [-0.2, 0) is 0 Å². The average Bonchev–Trinajstić information content (AvgIpc) is 1.66. The highest BCUT2D eigenvalue weighted by molar-refractivity contribution is 5.53. The normalized spacial score (nSPS) is 8.22. The molecule has 0 rings (SSSR count). The summed E-state index contributed by atoms with van der Waals surface area (Å²) in [5, 5.41) is 13.9. The maximum Gasteiger partial charge on any atom is 0.503 e. The summed E-state index contributed by atoms with van der Waals surface area (Å²) < 4.78 is 0. The standard InChI is InChI=1S/C5H10.CH2O3/c1-3-5-4-2;2-1(3)4/h3,5H,4H2,1-2H3;(H2,2,3,4). The summed E-state index contributed by atoms with van der Waals surface area (Å²) in [4.78, 5) is 8.56. The third-order valence-corrected chi connectivity index (χ3v) is 0.471. The zero-order valence-electron chi connectivity index (χ0n) is 5.66. The Hall–Kier alpha value is -0.990. The van der Waals surface area contributed by atoms with E-state index in [1.54, 1.807) is 0 Å². The van der Waals surface area contributed by atoms with Crippen LogP contribution in [0.2, 0.25) is 0 Å². The first-order chi connectivity index (χ1) is 4.15. The molecule has 0 aliphatic carbocycles. The second-order valence-corrected chi connectivity index (χ2v) is 1.26. The molecule has 0 saturated heterocycles. The Morgan fingerprint density at radius 1 is 1.56 bits per heavy atom. The van der Waals surface area contributed by atoms with E-state index in [0.717, 1.165) is 6.42 Å². The Kier molecular flexibility index (Phi) is 12.2. The van der Waals surface area contributed by atoms with E-state index in [4.69, 9.17) is 15.0 Å². The van der Waals surface area contributed by atoms with Crippen LogP contribution < -0.4 is 0 Å². The van der Waals surface area contributed by atoms with Crippen molar-refractivity contribution in [2.45, 2.75) is 20.3 Å². The van der Waals surface area contributed by atoms with E-state index in [0.29, 0.717) is 0 Å². The number of carboxylic acid groups (broad SMARTS) is 2. The van der Waals surface area contributed by atoms with Crippen LogP contribution in [0.25, 0.3) is 0 Å². The monoisotopic (exact) mass is 132 g/mol. The predicted molar refractivity (Wildman–Crippen MR) is 35.8 cm³/mol. The lowest BCUT2D eigenvalue weighted by atomic mass is 10.4. The number of allylic oxidation sites excluding steroid dienone is 2. The van der Waals surface area contributed by atoms with Crippen molar-refractivity contribution < 1.29 is 15.0 Å². The van der Waals surface area contributed by atoms with Gasteiger partial charge in [0.05, 0.1) is 0 Å². The Balaban J connectivity index is 0. The van der Waals surface area contributed by atoms with Crippen LogP contribution in [-0.4, -0.2) is 16.4 Å². The van der Waals surface area contributed by atoms with E-state index in [2.05, 4.69) is 19.1 Å². The number of hydrogen-bond donors (Lipinski definition) is 2. The van der Waals surface area contributed by atoms with Gasteiger partial charge in [0.25, 0.3) is 0 Å². The third kappa shape index (κ3) is 172. The van der Waals surface area contributed by atoms with Gasteiger partial charge in [0, 0.05) is 0 Å². The maximum atomic E-state index is 8.56. The van der Waals surface area contributed by atoms with Crippen LogP contribution in [0.1, 0.15) is 20.3 Å². The van der Waals surface area contributed by atoms with E-state index in [-0.39, 0.29) is 0 Å². The molecule has 0 aliphatic rings. The Bertz CT molecular complexity index is 82.3. The van der Waals surface area contributed by atoms with Crippen LogP contribution in [0.15, 0.2) is 12.2 Å². The molecule has 0 aromatic heterocycles. The van der Waals surface area contributed by atoms with E-state index >= 15 is 0 Å². The highest BCUT2D eigenvalue weighted by Crippen LogP contribution is 1.73. The quantitative estimate of drug-likeness (QED) is 0.537. The van der Waals surface area contributed by atoms with Gasteiger partial charge < -0.3 is 10.2 Å². The average molecular weight is 132 g/mol. The summed E-state index contributed by atoms with van der Waals surface area (Å²) in [6.45, 7) is 4.16. The molecule has 54 valence electrons. The molecule has 3 heteroatoms. The molecule has 0 atom stereocenters. The minimum absolute atomic E-state index is 1.16. The first kappa shape index (κ1) is 10.9. The Morgan fingerprint density at radius 3 is 1.89 bits per heavy atom. The molecule has 0 spiro atoms. The van der Waals surface area contributed by atoms with E-state index in [1.165, 1.54) is 0 Å². The third-order valence-electron chi connectivity index (χ3n) is 0.471. The molecule has 0 amide bonds. The van der Waals surface area contributed by atoms with Gasteiger partial charge in [-0.1, -0.05) is 19.1 Å². The zero-order chi connectivity index (χ0) is 7.70. The van der Waals surface area contributed by atoms with Crippen molar-refractivity contribution in [3.05, 3.63) is 12.2 Å². The summed E-state index contributed by atoms with van der Waals surface area (Å²) in [7, 11) is 0. The largest absolute Gasteiger partial charge is 0.503 e. The first-order valence-corrected chi connectivity index (χ1v) is 2.68. The van der Waals surface area contributed by atoms with E-state index in [1.807, 2.05) is 6.92 Å². The topological polar surface area (TPSA) is 57.5 Å². The Morgan fingerprint density at radius 2 is 1.89 bits per heavy atom. The van der Waals surface area contributed by atoms with Crippen molar-refractivity contribution in [3.8, 4) is 0 Å². The van der Waals surface area contributed by atoms with Crippen molar-refractivity contribution in [1.82, 2.24) is 0 Å². The fraction of sp³-hybridized carbons (Fsp3) is 0.500. The smallest absolute Gasteiger partial charge is 0.450 e. The molecule has 0 bridgehead atoms. The summed E-state index contributed by atoms with van der Waals surface area (Å²) in [5.41, 5.74) is 0. The van der Waals surface area contributed by atoms with Crippen molar-refractivity contribution in [2.24, 2.45) is 0 Å². The van der Waals surface area contributed by atoms with Crippen LogP contribution in [0.4, 0.5) is 4.79 Å². The summed E-state index contributed by atoms with van der Waals surface area (Å²) >= 11 is 0. The molecule has 0 unspecified atom stereocenters. The fourth-order valence-electron chi connectivity index (χ4n) is 0.236. The predicted octanol–water partition coefficient (Wildman–Crippen LogP) is 2.19. The van der Waals surface area contributed by atoms with Gasteiger partial charge in [-0.3, -0.25) is 0 Å². The van der Waals surface area contributed by atoms with Gasteiger partial charge in [-0.2, -0.15) is 0 Å². The molecule has 0 aliphatic heterocycles. The van der Waals surface area contributed by atoms with Gasteiger partial charge in [-0.15, -0.1) is 0 Å². The molecular weight excluding hydrogens is 120 g/mol. The van der Waals surface area contributed by atoms with Crippen molar-refractivity contribution in [2.75, 3.05) is 0 Å². The molecule has 3 nitrogen and oxygen atoms in total. The number of hydrogen-bond acceptors (Lipinski definition) is 1. The summed E-state index contributed by atoms with van der Waals surface area (Å²) in [6, 6.07) is 0. The van der Waals surface area contributed by atoms with Crippen molar-refractivity contribution in [1.29, 1.82) is 0 Å². The van der Waals surface area contributed by atoms with Crippen LogP contribution in [0.3, 0.4) is 0 Å².